The van der Waals surface area contributed by atoms with Gasteiger partial charge in [-0.1, -0.05) is 0 Å². The zero-order chi connectivity index (χ0) is 16.7. The topological polar surface area (TPSA) is 89.1 Å². The standard InChI is InChI=1S/C13H7F4N3O2/c1-2-3-7-6(14)4-5-9(18)8(12(21)22)10(13(15,16)17)20-11(5)19-7/h1,4H,3H2,(H,21,22)(H2,18,19,20). The molecule has 0 aliphatic heterocycles. The number of nitrogens with zero attached hydrogens (tertiary/aromatic N) is 2. The molecule has 0 aromatic carbocycles. The molecule has 0 fully saturated rings. The predicted octanol–water partition coefficient (Wildman–Crippen LogP) is 2.24. The number of carboxylic acids is 1. The van der Waals surface area contributed by atoms with E-state index in [9.17, 15) is 22.4 Å². The Morgan fingerprint density at radius 2 is 2.05 bits per heavy atom. The molecule has 0 amide bonds. The second kappa shape index (κ2) is 5.14. The van der Waals surface area contributed by atoms with Crippen LogP contribution in [-0.2, 0) is 12.6 Å². The van der Waals surface area contributed by atoms with Crippen LogP contribution >= 0.6 is 0 Å². The monoisotopic (exact) mass is 313 g/mol. The van der Waals surface area contributed by atoms with Crippen LogP contribution in [0, 0.1) is 18.2 Å². The van der Waals surface area contributed by atoms with E-state index in [4.69, 9.17) is 17.3 Å². The van der Waals surface area contributed by atoms with Crippen molar-refractivity contribution in [1.29, 1.82) is 0 Å². The lowest BCUT2D eigenvalue weighted by Gasteiger charge is -2.13. The average Bonchev–Trinajstić information content (AvgIpc) is 2.39. The van der Waals surface area contributed by atoms with Gasteiger partial charge in [-0.2, -0.15) is 13.2 Å². The molecule has 0 unspecified atom stereocenters. The van der Waals surface area contributed by atoms with Crippen molar-refractivity contribution in [1.82, 2.24) is 9.97 Å². The number of aromatic carboxylic acids is 1. The number of hydrogen-bond acceptors (Lipinski definition) is 4. The van der Waals surface area contributed by atoms with Gasteiger partial charge >= 0.3 is 12.1 Å². The van der Waals surface area contributed by atoms with Gasteiger partial charge in [-0.05, 0) is 6.07 Å². The normalized spacial score (nSPS) is 11.4. The minimum atomic E-state index is -5.06. The number of rotatable bonds is 2. The summed E-state index contributed by atoms with van der Waals surface area (Å²) in [6.45, 7) is 0. The molecule has 0 atom stereocenters. The van der Waals surface area contributed by atoms with E-state index in [0.29, 0.717) is 0 Å². The number of alkyl halides is 3. The number of carboxylic acid groups (broad SMARTS) is 1. The van der Waals surface area contributed by atoms with E-state index in [1.807, 2.05) is 0 Å². The quantitative estimate of drug-likeness (QED) is 0.655. The van der Waals surface area contributed by atoms with Crippen LogP contribution in [0.2, 0.25) is 0 Å². The third-order valence-corrected chi connectivity index (χ3v) is 2.79. The average molecular weight is 313 g/mol. The lowest BCUT2D eigenvalue weighted by atomic mass is 10.1. The van der Waals surface area contributed by atoms with Gasteiger partial charge in [0.05, 0.1) is 17.8 Å². The van der Waals surface area contributed by atoms with Crippen LogP contribution in [0.5, 0.6) is 0 Å². The molecule has 0 bridgehead atoms. The maximum absolute atomic E-state index is 13.7. The first kappa shape index (κ1) is 15.5. The molecule has 0 saturated carbocycles. The van der Waals surface area contributed by atoms with Gasteiger partial charge in [0.1, 0.15) is 11.4 Å². The smallest absolute Gasteiger partial charge is 0.434 e. The number of fused-ring (bicyclic) bond motifs is 1. The van der Waals surface area contributed by atoms with Crippen molar-refractivity contribution in [3.63, 3.8) is 0 Å². The number of halogens is 4. The number of hydrogen-bond donors (Lipinski definition) is 2. The van der Waals surface area contributed by atoms with E-state index in [2.05, 4.69) is 15.9 Å². The SMILES string of the molecule is C#CCc1nc2nc(C(F)(F)F)c(C(=O)O)c(N)c2cc1F. The Hall–Kier alpha value is -2.89. The molecule has 2 aromatic heterocycles. The van der Waals surface area contributed by atoms with Crippen LogP contribution in [0.3, 0.4) is 0 Å². The Balaban J connectivity index is 2.91. The third kappa shape index (κ3) is 2.50. The molecule has 0 saturated heterocycles. The number of aromatic nitrogens is 2. The molecule has 0 radical (unpaired) electrons. The first-order valence-electron chi connectivity index (χ1n) is 5.69. The van der Waals surface area contributed by atoms with E-state index < -0.39 is 40.6 Å². The largest absolute Gasteiger partial charge is 0.478 e. The van der Waals surface area contributed by atoms with Crippen molar-refractivity contribution in [2.24, 2.45) is 0 Å². The second-order valence-corrected chi connectivity index (χ2v) is 4.22. The fourth-order valence-electron chi connectivity index (χ4n) is 1.87. The van der Waals surface area contributed by atoms with E-state index >= 15 is 0 Å². The summed E-state index contributed by atoms with van der Waals surface area (Å²) in [6.07, 6.45) is -0.309. The van der Waals surface area contributed by atoms with Gasteiger partial charge in [0, 0.05) is 5.39 Å². The Kier molecular flexibility index (Phi) is 3.62. The van der Waals surface area contributed by atoms with Crippen molar-refractivity contribution >= 4 is 22.7 Å². The molecule has 0 aliphatic rings. The molecule has 0 aliphatic carbocycles. The van der Waals surface area contributed by atoms with Gasteiger partial charge in [-0.3, -0.25) is 0 Å². The van der Waals surface area contributed by atoms with Gasteiger partial charge in [0.25, 0.3) is 0 Å². The number of pyridine rings is 2. The predicted molar refractivity (Wildman–Crippen MR) is 68.4 cm³/mol. The minimum Gasteiger partial charge on any atom is -0.478 e. The van der Waals surface area contributed by atoms with Crippen LogP contribution < -0.4 is 5.73 Å². The van der Waals surface area contributed by atoms with Crippen LogP contribution in [-0.4, -0.2) is 21.0 Å². The highest BCUT2D eigenvalue weighted by atomic mass is 19.4. The lowest BCUT2D eigenvalue weighted by molar-refractivity contribution is -0.141. The van der Waals surface area contributed by atoms with Crippen LogP contribution in [0.4, 0.5) is 23.2 Å². The number of nitrogen functional groups attached to an aromatic ring is 1. The van der Waals surface area contributed by atoms with Crippen molar-refractivity contribution in [3.05, 3.63) is 28.8 Å². The van der Waals surface area contributed by atoms with Gasteiger partial charge in [-0.25, -0.2) is 19.2 Å². The maximum atomic E-state index is 13.7. The summed E-state index contributed by atoms with van der Waals surface area (Å²) in [5.41, 5.74) is 0.933. The maximum Gasteiger partial charge on any atom is 0.434 e. The minimum absolute atomic E-state index is 0.259. The van der Waals surface area contributed by atoms with Crippen molar-refractivity contribution in [2.75, 3.05) is 5.73 Å². The van der Waals surface area contributed by atoms with Crippen LogP contribution in [0.15, 0.2) is 6.07 Å². The first-order chi connectivity index (χ1) is 10.2. The summed E-state index contributed by atoms with van der Waals surface area (Å²) in [5, 5.41) is 8.59. The summed E-state index contributed by atoms with van der Waals surface area (Å²) in [5.74, 6) is -0.730. The highest BCUT2D eigenvalue weighted by Gasteiger charge is 2.39. The van der Waals surface area contributed by atoms with Gasteiger partial charge in [-0.15, -0.1) is 12.3 Å². The van der Waals surface area contributed by atoms with E-state index in [1.54, 1.807) is 0 Å². The number of carbonyl (C=O) groups is 1. The molecule has 5 nitrogen and oxygen atoms in total. The summed E-state index contributed by atoms with van der Waals surface area (Å²) >= 11 is 0. The fourth-order valence-corrected chi connectivity index (χ4v) is 1.87. The zero-order valence-corrected chi connectivity index (χ0v) is 10.7. The second-order valence-electron chi connectivity index (χ2n) is 4.22. The van der Waals surface area contributed by atoms with E-state index in [1.165, 1.54) is 0 Å². The van der Waals surface area contributed by atoms with Crippen LogP contribution in [0.25, 0.3) is 11.0 Å². The molecule has 0 spiro atoms. The van der Waals surface area contributed by atoms with E-state index in [0.717, 1.165) is 6.07 Å². The van der Waals surface area contributed by atoms with Gasteiger partial charge in [0.2, 0.25) is 0 Å². The van der Waals surface area contributed by atoms with E-state index in [-0.39, 0.29) is 17.5 Å². The summed E-state index contributed by atoms with van der Waals surface area (Å²) in [4.78, 5) is 17.8. The highest BCUT2D eigenvalue weighted by Crippen LogP contribution is 2.36. The Labute approximate surface area is 120 Å². The van der Waals surface area contributed by atoms with Crippen LogP contribution in [0.1, 0.15) is 21.7 Å². The molecule has 2 rings (SSSR count). The molecular weight excluding hydrogens is 306 g/mol. The van der Waals surface area contributed by atoms with Crippen molar-refractivity contribution < 1.29 is 27.5 Å². The van der Waals surface area contributed by atoms with Crippen molar-refractivity contribution in [3.8, 4) is 12.3 Å². The number of nitrogens with two attached hydrogens (primary N) is 1. The van der Waals surface area contributed by atoms with Gasteiger partial charge in [0.15, 0.2) is 11.3 Å². The number of terminal acetylenes is 1. The molecule has 3 N–H and O–H groups in total. The Bertz CT molecular complexity index is 825. The fraction of sp³-hybridized carbons (Fsp3) is 0.154. The molecule has 2 aromatic rings. The molecular formula is C13H7F4N3O2. The molecule has 9 heteroatoms. The summed E-state index contributed by atoms with van der Waals surface area (Å²) in [6, 6.07) is 0.768. The summed E-state index contributed by atoms with van der Waals surface area (Å²) in [7, 11) is 0. The highest BCUT2D eigenvalue weighted by molar-refractivity contribution is 6.03. The Morgan fingerprint density at radius 1 is 1.41 bits per heavy atom. The zero-order valence-electron chi connectivity index (χ0n) is 10.7. The first-order valence-corrected chi connectivity index (χ1v) is 5.69. The third-order valence-electron chi connectivity index (χ3n) is 2.79. The lowest BCUT2D eigenvalue weighted by Crippen LogP contribution is -2.18. The Morgan fingerprint density at radius 3 is 2.55 bits per heavy atom. The molecule has 2 heterocycles. The molecule has 22 heavy (non-hydrogen) atoms. The summed E-state index contributed by atoms with van der Waals surface area (Å²) < 4.78 is 52.5. The molecule has 114 valence electrons. The van der Waals surface area contributed by atoms with Gasteiger partial charge < -0.3 is 10.8 Å². The number of anilines is 1. The van der Waals surface area contributed by atoms with Crippen molar-refractivity contribution in [2.45, 2.75) is 12.6 Å².